The average molecular weight is 396 g/mol. The van der Waals surface area contributed by atoms with Crippen LogP contribution in [0.3, 0.4) is 0 Å². The fourth-order valence-corrected chi connectivity index (χ4v) is 4.20. The molecule has 2 aromatic carbocycles. The van der Waals surface area contributed by atoms with Crippen molar-refractivity contribution in [2.75, 3.05) is 5.32 Å². The summed E-state index contributed by atoms with van der Waals surface area (Å²) in [7, 11) is 0. The van der Waals surface area contributed by atoms with Crippen LogP contribution in [0, 0.1) is 13.8 Å². The van der Waals surface area contributed by atoms with E-state index < -0.39 is 0 Å². The van der Waals surface area contributed by atoms with Crippen molar-refractivity contribution in [1.82, 2.24) is 9.97 Å². The summed E-state index contributed by atoms with van der Waals surface area (Å²) in [6.45, 7) is 4.49. The molecule has 0 aliphatic carbocycles. The Balaban J connectivity index is 1.45. The van der Waals surface area contributed by atoms with E-state index in [1.165, 1.54) is 22.7 Å². The minimum atomic E-state index is -0.185. The molecule has 0 radical (unpaired) electrons. The van der Waals surface area contributed by atoms with Crippen LogP contribution in [-0.4, -0.2) is 15.9 Å². The Labute approximate surface area is 164 Å². The highest BCUT2D eigenvalue weighted by Crippen LogP contribution is 2.31. The van der Waals surface area contributed by atoms with Gasteiger partial charge in [-0.15, -0.1) is 11.3 Å². The lowest BCUT2D eigenvalue weighted by Gasteiger charge is -2.06. The number of nitrogens with one attached hydrogen (secondary N) is 1. The lowest BCUT2D eigenvalue weighted by atomic mass is 10.1. The highest BCUT2D eigenvalue weighted by Gasteiger charge is 2.12. The van der Waals surface area contributed by atoms with E-state index in [-0.39, 0.29) is 5.91 Å². The third-order valence-corrected chi connectivity index (χ3v) is 5.89. The molecule has 2 aromatic heterocycles. The van der Waals surface area contributed by atoms with Crippen molar-refractivity contribution >= 4 is 43.9 Å². The Hall–Kier alpha value is -2.77. The Morgan fingerprint density at radius 3 is 2.59 bits per heavy atom. The zero-order valence-electron chi connectivity index (χ0n) is 14.9. The number of benzene rings is 2. The Morgan fingerprint density at radius 2 is 1.89 bits per heavy atom. The van der Waals surface area contributed by atoms with Crippen LogP contribution in [0.5, 0.6) is 5.75 Å². The van der Waals surface area contributed by atoms with Crippen molar-refractivity contribution in [2.24, 2.45) is 0 Å². The molecule has 1 N–H and O–H groups in total. The molecule has 27 heavy (non-hydrogen) atoms. The summed E-state index contributed by atoms with van der Waals surface area (Å²) in [6, 6.07) is 11.2. The minimum absolute atomic E-state index is 0.185. The molecule has 0 unspecified atom stereocenters. The summed E-state index contributed by atoms with van der Waals surface area (Å²) in [5, 5.41) is 5.45. The van der Waals surface area contributed by atoms with Gasteiger partial charge in [0.2, 0.25) is 0 Å². The largest absolute Gasteiger partial charge is 0.487 e. The predicted octanol–water partition coefficient (Wildman–Crippen LogP) is 5.20. The summed E-state index contributed by atoms with van der Waals surface area (Å²) in [6.07, 6.45) is 0. The highest BCUT2D eigenvalue weighted by atomic mass is 32.1. The van der Waals surface area contributed by atoms with Crippen LogP contribution in [0.2, 0.25) is 0 Å². The topological polar surface area (TPSA) is 64.1 Å². The van der Waals surface area contributed by atoms with Crippen molar-refractivity contribution in [3.05, 3.63) is 69.7 Å². The zero-order chi connectivity index (χ0) is 18.8. The monoisotopic (exact) mass is 395 g/mol. The van der Waals surface area contributed by atoms with Gasteiger partial charge in [-0.1, -0.05) is 23.5 Å². The van der Waals surface area contributed by atoms with Gasteiger partial charge in [0.05, 0.1) is 21.4 Å². The highest BCUT2D eigenvalue weighted by molar-refractivity contribution is 7.22. The molecule has 7 heteroatoms. The molecule has 2 heterocycles. The smallest absolute Gasteiger partial charge is 0.257 e. The number of rotatable bonds is 5. The number of nitrogens with zero attached hydrogens (tertiary/aromatic N) is 2. The minimum Gasteiger partial charge on any atom is -0.487 e. The van der Waals surface area contributed by atoms with E-state index in [9.17, 15) is 4.79 Å². The quantitative estimate of drug-likeness (QED) is 0.504. The average Bonchev–Trinajstić information content (AvgIpc) is 3.34. The van der Waals surface area contributed by atoms with Crippen LogP contribution < -0.4 is 10.1 Å². The first-order valence-corrected chi connectivity index (χ1v) is 10.1. The fourth-order valence-electron chi connectivity index (χ4n) is 2.65. The molecule has 0 atom stereocenters. The first-order valence-electron chi connectivity index (χ1n) is 8.38. The molecule has 1 amide bonds. The maximum atomic E-state index is 12.5. The number of carbonyl (C=O) groups excluding carboxylic acids is 1. The van der Waals surface area contributed by atoms with Crippen molar-refractivity contribution in [3.63, 3.8) is 0 Å². The van der Waals surface area contributed by atoms with E-state index in [1.54, 1.807) is 29.8 Å². The van der Waals surface area contributed by atoms with E-state index in [1.807, 2.05) is 18.4 Å². The molecule has 0 aliphatic heterocycles. The number of fused-ring (bicyclic) bond motifs is 1. The number of carbonyl (C=O) groups is 1. The number of thiazole rings is 2. The molecule has 0 spiro atoms. The molecule has 5 nitrogen and oxygen atoms in total. The van der Waals surface area contributed by atoms with Gasteiger partial charge >= 0.3 is 0 Å². The summed E-state index contributed by atoms with van der Waals surface area (Å²) in [4.78, 5) is 21.3. The summed E-state index contributed by atoms with van der Waals surface area (Å²) < 4.78 is 6.78. The van der Waals surface area contributed by atoms with Gasteiger partial charge in [-0.2, -0.15) is 0 Å². The second-order valence-electron chi connectivity index (χ2n) is 6.14. The van der Waals surface area contributed by atoms with Gasteiger partial charge in [-0.3, -0.25) is 10.1 Å². The standard InChI is InChI=1S/C20H17N3O2S2/c1-12-3-4-13(2)18-17(12)22-20(27-18)23-19(24)14-5-7-16(8-6-14)25-9-15-10-26-11-21-15/h3-8,10-11H,9H2,1-2H3,(H,22,23,24). The number of amides is 1. The second kappa shape index (κ2) is 7.46. The van der Waals surface area contributed by atoms with E-state index in [2.05, 4.69) is 28.3 Å². The lowest BCUT2D eigenvalue weighted by molar-refractivity contribution is 0.102. The number of anilines is 1. The van der Waals surface area contributed by atoms with Gasteiger partial charge in [0.25, 0.3) is 5.91 Å². The van der Waals surface area contributed by atoms with Crippen molar-refractivity contribution in [3.8, 4) is 5.75 Å². The summed E-state index contributed by atoms with van der Waals surface area (Å²) in [5.41, 5.74) is 6.44. The van der Waals surface area contributed by atoms with E-state index in [0.717, 1.165) is 27.0 Å². The van der Waals surface area contributed by atoms with Crippen LogP contribution in [-0.2, 0) is 6.61 Å². The molecule has 0 fully saturated rings. The first-order chi connectivity index (χ1) is 13.1. The van der Waals surface area contributed by atoms with Crippen molar-refractivity contribution < 1.29 is 9.53 Å². The fraction of sp³-hybridized carbons (Fsp3) is 0.150. The first kappa shape index (κ1) is 17.6. The Kier molecular flexibility index (Phi) is 4.87. The van der Waals surface area contributed by atoms with Crippen LogP contribution in [0.1, 0.15) is 27.2 Å². The van der Waals surface area contributed by atoms with Crippen LogP contribution in [0.15, 0.2) is 47.3 Å². The third-order valence-electron chi connectivity index (χ3n) is 4.15. The normalized spacial score (nSPS) is 10.9. The van der Waals surface area contributed by atoms with Crippen molar-refractivity contribution in [2.45, 2.75) is 20.5 Å². The molecule has 4 rings (SSSR count). The van der Waals surface area contributed by atoms with Crippen LogP contribution in [0.4, 0.5) is 5.13 Å². The molecule has 136 valence electrons. The maximum absolute atomic E-state index is 12.5. The maximum Gasteiger partial charge on any atom is 0.257 e. The predicted molar refractivity (Wildman–Crippen MR) is 110 cm³/mol. The van der Waals surface area contributed by atoms with Crippen molar-refractivity contribution in [1.29, 1.82) is 0 Å². The van der Waals surface area contributed by atoms with Gasteiger partial charge in [0.15, 0.2) is 5.13 Å². The van der Waals surface area contributed by atoms with E-state index in [4.69, 9.17) is 4.74 Å². The number of hydrogen-bond acceptors (Lipinski definition) is 6. The van der Waals surface area contributed by atoms with Crippen LogP contribution >= 0.6 is 22.7 Å². The van der Waals surface area contributed by atoms with E-state index >= 15 is 0 Å². The number of aromatic nitrogens is 2. The zero-order valence-corrected chi connectivity index (χ0v) is 16.5. The molecule has 0 saturated carbocycles. The summed E-state index contributed by atoms with van der Waals surface area (Å²) >= 11 is 3.03. The van der Waals surface area contributed by atoms with E-state index in [0.29, 0.717) is 23.1 Å². The lowest BCUT2D eigenvalue weighted by Crippen LogP contribution is -2.11. The Morgan fingerprint density at radius 1 is 1.11 bits per heavy atom. The SMILES string of the molecule is Cc1ccc(C)c2sc(NC(=O)c3ccc(OCc4cscn4)cc3)nc12. The molecular weight excluding hydrogens is 378 g/mol. The molecule has 0 saturated heterocycles. The summed E-state index contributed by atoms with van der Waals surface area (Å²) in [5.74, 6) is 0.515. The third kappa shape index (κ3) is 3.84. The molecule has 4 aromatic rings. The van der Waals surface area contributed by atoms with Gasteiger partial charge < -0.3 is 4.74 Å². The Bertz CT molecular complexity index is 1050. The molecule has 0 bridgehead atoms. The van der Waals surface area contributed by atoms with Gasteiger partial charge in [0.1, 0.15) is 12.4 Å². The van der Waals surface area contributed by atoms with Crippen LogP contribution in [0.25, 0.3) is 10.2 Å². The van der Waals surface area contributed by atoms with Gasteiger partial charge in [0, 0.05) is 10.9 Å². The van der Waals surface area contributed by atoms with Gasteiger partial charge in [-0.05, 0) is 49.2 Å². The molecule has 0 aliphatic rings. The molecular formula is C20H17N3O2S2. The number of hydrogen-bond donors (Lipinski definition) is 1. The number of ether oxygens (including phenoxy) is 1. The van der Waals surface area contributed by atoms with Gasteiger partial charge in [-0.25, -0.2) is 9.97 Å². The second-order valence-corrected chi connectivity index (χ2v) is 7.86. The number of aryl methyl sites for hydroxylation is 2.